The standard InChI is InChI=1S/C13H20O2/c1-9-5-6-10(2)13(7-9)15-12(4)8-11(3)14/h5-7,11-12,14H,8H2,1-4H3. The van der Waals surface area contributed by atoms with Gasteiger partial charge in [-0.25, -0.2) is 0 Å². The summed E-state index contributed by atoms with van der Waals surface area (Å²) in [6, 6.07) is 6.16. The zero-order valence-corrected chi connectivity index (χ0v) is 9.95. The van der Waals surface area contributed by atoms with Crippen LogP contribution >= 0.6 is 0 Å². The largest absolute Gasteiger partial charge is 0.490 e. The lowest BCUT2D eigenvalue weighted by Crippen LogP contribution is -2.18. The molecule has 1 aromatic carbocycles. The third-order valence-corrected chi connectivity index (χ3v) is 2.34. The fraction of sp³-hybridized carbons (Fsp3) is 0.538. The molecule has 2 nitrogen and oxygen atoms in total. The maximum absolute atomic E-state index is 9.24. The summed E-state index contributed by atoms with van der Waals surface area (Å²) in [7, 11) is 0. The van der Waals surface area contributed by atoms with E-state index in [9.17, 15) is 5.11 Å². The van der Waals surface area contributed by atoms with Crippen LogP contribution in [-0.4, -0.2) is 17.3 Å². The zero-order valence-electron chi connectivity index (χ0n) is 9.95. The van der Waals surface area contributed by atoms with E-state index in [1.165, 1.54) is 5.56 Å². The summed E-state index contributed by atoms with van der Waals surface area (Å²) >= 11 is 0. The molecule has 2 heteroatoms. The van der Waals surface area contributed by atoms with Crippen molar-refractivity contribution < 1.29 is 9.84 Å². The smallest absolute Gasteiger partial charge is 0.122 e. The molecule has 0 saturated heterocycles. The highest BCUT2D eigenvalue weighted by Gasteiger charge is 2.09. The number of rotatable bonds is 4. The summed E-state index contributed by atoms with van der Waals surface area (Å²) in [5, 5.41) is 9.24. The third kappa shape index (κ3) is 3.92. The molecule has 84 valence electrons. The Morgan fingerprint density at radius 2 is 1.93 bits per heavy atom. The van der Waals surface area contributed by atoms with Crippen LogP contribution in [-0.2, 0) is 0 Å². The molecule has 0 aromatic heterocycles. The van der Waals surface area contributed by atoms with Crippen molar-refractivity contribution in [1.29, 1.82) is 0 Å². The summed E-state index contributed by atoms with van der Waals surface area (Å²) < 4.78 is 5.78. The van der Waals surface area contributed by atoms with Gasteiger partial charge in [0.2, 0.25) is 0 Å². The van der Waals surface area contributed by atoms with Crippen molar-refractivity contribution in [3.05, 3.63) is 29.3 Å². The normalized spacial score (nSPS) is 14.7. The van der Waals surface area contributed by atoms with Gasteiger partial charge in [0.25, 0.3) is 0 Å². The van der Waals surface area contributed by atoms with Crippen molar-refractivity contribution in [2.24, 2.45) is 0 Å². The molecule has 0 aliphatic rings. The van der Waals surface area contributed by atoms with Gasteiger partial charge >= 0.3 is 0 Å². The minimum Gasteiger partial charge on any atom is -0.490 e. The molecule has 1 N–H and O–H groups in total. The molecule has 1 rings (SSSR count). The van der Waals surface area contributed by atoms with Gasteiger partial charge in [0, 0.05) is 6.42 Å². The van der Waals surface area contributed by atoms with Gasteiger partial charge in [0.05, 0.1) is 12.2 Å². The first-order chi connectivity index (χ1) is 6.99. The molecule has 1 aromatic rings. The van der Waals surface area contributed by atoms with Crippen molar-refractivity contribution in [2.75, 3.05) is 0 Å². The van der Waals surface area contributed by atoms with Gasteiger partial charge in [-0.3, -0.25) is 0 Å². The summed E-state index contributed by atoms with van der Waals surface area (Å²) in [5.41, 5.74) is 2.33. The minimum absolute atomic E-state index is 0.0468. The number of hydrogen-bond acceptors (Lipinski definition) is 2. The van der Waals surface area contributed by atoms with E-state index >= 15 is 0 Å². The summed E-state index contributed by atoms with van der Waals surface area (Å²) in [4.78, 5) is 0. The van der Waals surface area contributed by atoms with Gasteiger partial charge in [0.15, 0.2) is 0 Å². The van der Waals surface area contributed by atoms with Crippen molar-refractivity contribution in [3.8, 4) is 5.75 Å². The fourth-order valence-electron chi connectivity index (χ4n) is 1.58. The Morgan fingerprint density at radius 3 is 2.53 bits per heavy atom. The molecular weight excluding hydrogens is 188 g/mol. The number of hydrogen-bond donors (Lipinski definition) is 1. The molecule has 15 heavy (non-hydrogen) atoms. The quantitative estimate of drug-likeness (QED) is 0.824. The van der Waals surface area contributed by atoms with Crippen LogP contribution in [0.25, 0.3) is 0 Å². The van der Waals surface area contributed by atoms with Gasteiger partial charge in [-0.1, -0.05) is 12.1 Å². The second-order valence-corrected chi connectivity index (χ2v) is 4.28. The Hall–Kier alpha value is -1.02. The highest BCUT2D eigenvalue weighted by molar-refractivity contribution is 5.36. The Kier molecular flexibility index (Phi) is 4.15. The monoisotopic (exact) mass is 208 g/mol. The van der Waals surface area contributed by atoms with Crippen LogP contribution in [0.15, 0.2) is 18.2 Å². The van der Waals surface area contributed by atoms with E-state index in [2.05, 4.69) is 12.1 Å². The molecular formula is C13H20O2. The van der Waals surface area contributed by atoms with Crippen LogP contribution in [0.2, 0.25) is 0 Å². The SMILES string of the molecule is Cc1ccc(C)c(OC(C)CC(C)O)c1. The molecule has 0 saturated carbocycles. The van der Waals surface area contributed by atoms with E-state index in [1.54, 1.807) is 6.92 Å². The molecule has 0 spiro atoms. The van der Waals surface area contributed by atoms with Crippen LogP contribution < -0.4 is 4.74 Å². The Balaban J connectivity index is 2.67. The number of benzene rings is 1. The van der Waals surface area contributed by atoms with Crippen LogP contribution in [0.1, 0.15) is 31.4 Å². The van der Waals surface area contributed by atoms with Crippen molar-refractivity contribution in [1.82, 2.24) is 0 Å². The summed E-state index contributed by atoms with van der Waals surface area (Å²) in [6.07, 6.45) is 0.392. The van der Waals surface area contributed by atoms with Crippen molar-refractivity contribution in [3.63, 3.8) is 0 Å². The molecule has 0 aliphatic carbocycles. The lowest BCUT2D eigenvalue weighted by molar-refractivity contribution is 0.115. The minimum atomic E-state index is -0.315. The Morgan fingerprint density at radius 1 is 1.27 bits per heavy atom. The predicted octanol–water partition coefficient (Wildman–Crippen LogP) is 2.84. The van der Waals surface area contributed by atoms with Crippen LogP contribution in [0.4, 0.5) is 0 Å². The van der Waals surface area contributed by atoms with Gasteiger partial charge in [-0.05, 0) is 44.9 Å². The number of aliphatic hydroxyl groups is 1. The topological polar surface area (TPSA) is 29.5 Å². The first-order valence-corrected chi connectivity index (χ1v) is 5.41. The van der Waals surface area contributed by atoms with Crippen molar-refractivity contribution >= 4 is 0 Å². The van der Waals surface area contributed by atoms with E-state index in [0.717, 1.165) is 11.3 Å². The van der Waals surface area contributed by atoms with Crippen LogP contribution in [0, 0.1) is 13.8 Å². The second-order valence-electron chi connectivity index (χ2n) is 4.28. The number of aryl methyl sites for hydroxylation is 2. The molecule has 0 bridgehead atoms. The molecule has 0 aliphatic heterocycles. The average Bonchev–Trinajstić information content (AvgIpc) is 2.10. The third-order valence-electron chi connectivity index (χ3n) is 2.34. The average molecular weight is 208 g/mol. The first kappa shape index (κ1) is 12.1. The van der Waals surface area contributed by atoms with E-state index in [-0.39, 0.29) is 12.2 Å². The lowest BCUT2D eigenvalue weighted by Gasteiger charge is -2.18. The highest BCUT2D eigenvalue weighted by Crippen LogP contribution is 2.21. The Bertz CT molecular complexity index is 318. The van der Waals surface area contributed by atoms with Gasteiger partial charge in [-0.2, -0.15) is 0 Å². The molecule has 0 heterocycles. The predicted molar refractivity (Wildman–Crippen MR) is 62.3 cm³/mol. The van der Waals surface area contributed by atoms with Gasteiger partial charge < -0.3 is 9.84 Å². The van der Waals surface area contributed by atoms with E-state index in [0.29, 0.717) is 6.42 Å². The van der Waals surface area contributed by atoms with Gasteiger partial charge in [0.1, 0.15) is 5.75 Å². The summed E-state index contributed by atoms with van der Waals surface area (Å²) in [6.45, 7) is 7.84. The van der Waals surface area contributed by atoms with E-state index < -0.39 is 0 Å². The van der Waals surface area contributed by atoms with E-state index in [4.69, 9.17) is 4.74 Å². The fourth-order valence-corrected chi connectivity index (χ4v) is 1.58. The molecule has 0 fully saturated rings. The van der Waals surface area contributed by atoms with Gasteiger partial charge in [-0.15, -0.1) is 0 Å². The van der Waals surface area contributed by atoms with Crippen LogP contribution in [0.3, 0.4) is 0 Å². The van der Waals surface area contributed by atoms with E-state index in [1.807, 2.05) is 26.8 Å². The number of ether oxygens (including phenoxy) is 1. The second kappa shape index (κ2) is 5.17. The first-order valence-electron chi connectivity index (χ1n) is 5.41. The molecule has 2 unspecified atom stereocenters. The molecule has 0 amide bonds. The maximum Gasteiger partial charge on any atom is 0.122 e. The summed E-state index contributed by atoms with van der Waals surface area (Å²) in [5.74, 6) is 0.920. The zero-order chi connectivity index (χ0) is 11.4. The Labute approximate surface area is 91.9 Å². The number of aliphatic hydroxyl groups excluding tert-OH is 1. The molecule has 0 radical (unpaired) electrons. The van der Waals surface area contributed by atoms with Crippen LogP contribution in [0.5, 0.6) is 5.75 Å². The lowest BCUT2D eigenvalue weighted by atomic mass is 10.1. The molecule has 2 atom stereocenters. The van der Waals surface area contributed by atoms with Crippen molar-refractivity contribution in [2.45, 2.75) is 46.3 Å². The maximum atomic E-state index is 9.24. The highest BCUT2D eigenvalue weighted by atomic mass is 16.5.